The van der Waals surface area contributed by atoms with E-state index in [-0.39, 0.29) is 5.78 Å². The predicted molar refractivity (Wildman–Crippen MR) is 121 cm³/mol. The fourth-order valence-electron chi connectivity index (χ4n) is 3.02. The van der Waals surface area contributed by atoms with Crippen molar-refractivity contribution in [1.29, 1.82) is 5.26 Å². The van der Waals surface area contributed by atoms with Crippen LogP contribution in [0.15, 0.2) is 89.4 Å². The van der Waals surface area contributed by atoms with E-state index in [2.05, 4.69) is 6.07 Å². The summed E-state index contributed by atoms with van der Waals surface area (Å²) in [5.41, 5.74) is 10.2. The molecule has 6 heteroatoms. The average Bonchev–Trinajstić information content (AvgIpc) is 3.14. The molecule has 0 saturated carbocycles. The molecule has 0 radical (unpaired) electrons. The standard InChI is InChI=1S/C24H17N3OS2/c25-15-17-9-11-18(12-10-17)16-29-24-21(27-13-5-2-6-14-27)20(26)23(30-24)22(28)19-7-3-1-4-8-19/h1-14H,16H2,(H-,26,28)/p+1. The van der Waals surface area contributed by atoms with Crippen LogP contribution in [-0.4, -0.2) is 5.78 Å². The Labute approximate surface area is 183 Å². The van der Waals surface area contributed by atoms with Gasteiger partial charge in [-0.2, -0.15) is 9.83 Å². The molecule has 0 saturated heterocycles. The molecule has 0 fully saturated rings. The minimum absolute atomic E-state index is 0.0684. The Kier molecular flexibility index (Phi) is 5.94. The van der Waals surface area contributed by atoms with Gasteiger partial charge in [-0.25, -0.2) is 0 Å². The Morgan fingerprint density at radius 2 is 1.67 bits per heavy atom. The van der Waals surface area contributed by atoms with E-state index >= 15 is 0 Å². The van der Waals surface area contributed by atoms with Crippen molar-refractivity contribution in [2.24, 2.45) is 0 Å². The monoisotopic (exact) mass is 428 g/mol. The largest absolute Gasteiger partial charge is 0.392 e. The number of carbonyl (C=O) groups is 1. The summed E-state index contributed by atoms with van der Waals surface area (Å²) in [6.07, 6.45) is 3.86. The first-order chi connectivity index (χ1) is 14.7. The minimum atomic E-state index is -0.0684. The third-order valence-corrected chi connectivity index (χ3v) is 7.08. The summed E-state index contributed by atoms with van der Waals surface area (Å²) in [7, 11) is 0. The number of thiophene rings is 1. The zero-order valence-electron chi connectivity index (χ0n) is 16.0. The maximum absolute atomic E-state index is 13.1. The van der Waals surface area contributed by atoms with Gasteiger partial charge < -0.3 is 5.73 Å². The molecule has 2 N–H and O–H groups in total. The summed E-state index contributed by atoms with van der Waals surface area (Å²) < 4.78 is 2.93. The molecule has 0 bridgehead atoms. The summed E-state index contributed by atoms with van der Waals surface area (Å²) >= 11 is 3.06. The Morgan fingerprint density at radius 3 is 2.33 bits per heavy atom. The molecule has 4 rings (SSSR count). The van der Waals surface area contributed by atoms with Gasteiger partial charge in [0.05, 0.1) is 11.6 Å². The zero-order valence-corrected chi connectivity index (χ0v) is 17.6. The van der Waals surface area contributed by atoms with Gasteiger partial charge in [0, 0.05) is 23.4 Å². The van der Waals surface area contributed by atoms with Crippen molar-refractivity contribution < 1.29 is 9.36 Å². The number of benzene rings is 2. The molecular weight excluding hydrogens is 410 g/mol. The highest BCUT2D eigenvalue weighted by Crippen LogP contribution is 2.40. The number of hydrogen-bond donors (Lipinski definition) is 1. The van der Waals surface area contributed by atoms with Gasteiger partial charge in [0.15, 0.2) is 12.4 Å². The van der Waals surface area contributed by atoms with E-state index in [1.54, 1.807) is 23.9 Å². The number of pyridine rings is 1. The second-order valence-electron chi connectivity index (χ2n) is 6.56. The quantitative estimate of drug-likeness (QED) is 0.266. The fraction of sp³-hybridized carbons (Fsp3) is 0.0417. The molecule has 30 heavy (non-hydrogen) atoms. The first-order valence-electron chi connectivity index (χ1n) is 9.28. The minimum Gasteiger partial charge on any atom is -0.392 e. The summed E-state index contributed by atoms with van der Waals surface area (Å²) in [5.74, 6) is 0.645. The molecule has 0 amide bonds. The second kappa shape index (κ2) is 8.95. The number of nitrogens with zero attached hydrogens (tertiary/aromatic N) is 2. The van der Waals surface area contributed by atoms with E-state index in [1.807, 2.05) is 77.6 Å². The molecule has 0 spiro atoms. The van der Waals surface area contributed by atoms with Crippen molar-refractivity contribution >= 4 is 34.6 Å². The topological polar surface area (TPSA) is 70.8 Å². The Bertz CT molecular complexity index is 1210. The SMILES string of the molecule is N#Cc1ccc(CSc2sc(C(=O)c3ccccc3)c(N)c2-[n+]2ccccc2)cc1. The van der Waals surface area contributed by atoms with Gasteiger partial charge in [-0.3, -0.25) is 4.79 Å². The van der Waals surface area contributed by atoms with E-state index in [0.29, 0.717) is 27.4 Å². The highest BCUT2D eigenvalue weighted by Gasteiger charge is 2.28. The number of nitrogen functional groups attached to an aromatic ring is 1. The van der Waals surface area contributed by atoms with Crippen molar-refractivity contribution in [3.63, 3.8) is 0 Å². The van der Waals surface area contributed by atoms with Crippen LogP contribution in [0.2, 0.25) is 0 Å². The molecule has 146 valence electrons. The van der Waals surface area contributed by atoms with Gasteiger partial charge in [-0.05, 0) is 17.7 Å². The number of nitrogens with two attached hydrogens (primary N) is 1. The number of hydrogen-bond acceptors (Lipinski definition) is 5. The number of aromatic nitrogens is 1. The van der Waals surface area contributed by atoms with Crippen LogP contribution in [-0.2, 0) is 5.75 Å². The van der Waals surface area contributed by atoms with Crippen LogP contribution in [0, 0.1) is 11.3 Å². The predicted octanol–water partition coefficient (Wildman–Crippen LogP) is 5.00. The Morgan fingerprint density at radius 1 is 1.00 bits per heavy atom. The molecule has 4 aromatic rings. The lowest BCUT2D eigenvalue weighted by Crippen LogP contribution is -2.30. The van der Waals surface area contributed by atoms with Crippen LogP contribution in [0.5, 0.6) is 0 Å². The number of carbonyl (C=O) groups excluding carboxylic acids is 1. The highest BCUT2D eigenvalue weighted by molar-refractivity contribution is 8.00. The van der Waals surface area contributed by atoms with Gasteiger partial charge in [0.1, 0.15) is 14.8 Å². The molecule has 0 aliphatic carbocycles. The van der Waals surface area contributed by atoms with Crippen LogP contribution >= 0.6 is 23.1 Å². The molecule has 0 aliphatic rings. The lowest BCUT2D eigenvalue weighted by Gasteiger charge is -2.02. The van der Waals surface area contributed by atoms with Gasteiger partial charge in [0.2, 0.25) is 5.78 Å². The number of thioether (sulfide) groups is 1. The average molecular weight is 429 g/mol. The lowest BCUT2D eigenvalue weighted by atomic mass is 10.1. The number of anilines is 1. The van der Waals surface area contributed by atoms with Crippen molar-refractivity contribution in [3.05, 3.63) is 107 Å². The van der Waals surface area contributed by atoms with Crippen LogP contribution in [0.3, 0.4) is 0 Å². The van der Waals surface area contributed by atoms with Crippen LogP contribution < -0.4 is 10.3 Å². The summed E-state index contributed by atoms with van der Waals surface area (Å²) in [6.45, 7) is 0. The number of nitriles is 1. The van der Waals surface area contributed by atoms with Crippen molar-refractivity contribution in [1.82, 2.24) is 0 Å². The van der Waals surface area contributed by atoms with Crippen LogP contribution in [0.4, 0.5) is 5.69 Å². The maximum Gasteiger partial charge on any atom is 0.259 e. The fourth-order valence-corrected chi connectivity index (χ4v) is 5.44. The van der Waals surface area contributed by atoms with Gasteiger partial charge in [0.25, 0.3) is 5.69 Å². The third-order valence-electron chi connectivity index (χ3n) is 4.56. The molecule has 2 heterocycles. The Hall–Kier alpha value is -3.40. The summed E-state index contributed by atoms with van der Waals surface area (Å²) in [5, 5.41) is 8.98. The van der Waals surface area contributed by atoms with Crippen molar-refractivity contribution in [2.45, 2.75) is 9.96 Å². The molecule has 0 aliphatic heterocycles. The molecule has 0 unspecified atom stereocenters. The van der Waals surface area contributed by atoms with E-state index in [0.717, 1.165) is 15.5 Å². The van der Waals surface area contributed by atoms with Gasteiger partial charge in [-0.1, -0.05) is 48.5 Å². The maximum atomic E-state index is 13.1. The summed E-state index contributed by atoms with van der Waals surface area (Å²) in [4.78, 5) is 13.6. The van der Waals surface area contributed by atoms with E-state index in [1.165, 1.54) is 11.3 Å². The summed E-state index contributed by atoms with van der Waals surface area (Å²) in [6, 6.07) is 24.7. The highest BCUT2D eigenvalue weighted by atomic mass is 32.2. The second-order valence-corrected chi connectivity index (χ2v) is 8.82. The first-order valence-corrected chi connectivity index (χ1v) is 11.1. The molecule has 0 atom stereocenters. The van der Waals surface area contributed by atoms with Crippen molar-refractivity contribution in [2.75, 3.05) is 5.73 Å². The molecule has 2 aromatic carbocycles. The first kappa shape index (κ1) is 19.9. The number of ketones is 1. The van der Waals surface area contributed by atoms with E-state index in [9.17, 15) is 4.79 Å². The van der Waals surface area contributed by atoms with Gasteiger partial charge >= 0.3 is 0 Å². The smallest absolute Gasteiger partial charge is 0.259 e. The van der Waals surface area contributed by atoms with Crippen LogP contribution in [0.1, 0.15) is 26.4 Å². The van der Waals surface area contributed by atoms with E-state index in [4.69, 9.17) is 11.0 Å². The molecular formula is C24H18N3OS2+. The Balaban J connectivity index is 1.71. The number of rotatable bonds is 6. The molecule has 4 nitrogen and oxygen atoms in total. The zero-order chi connectivity index (χ0) is 20.9. The lowest BCUT2D eigenvalue weighted by molar-refractivity contribution is -0.596. The molecule has 2 aromatic heterocycles. The normalized spacial score (nSPS) is 10.5. The van der Waals surface area contributed by atoms with Crippen molar-refractivity contribution in [3.8, 4) is 11.8 Å². The van der Waals surface area contributed by atoms with Crippen LogP contribution in [0.25, 0.3) is 5.69 Å². The third kappa shape index (κ3) is 4.13. The van der Waals surface area contributed by atoms with E-state index < -0.39 is 0 Å². The van der Waals surface area contributed by atoms with Gasteiger partial charge in [-0.15, -0.1) is 23.1 Å².